The largest absolute Gasteiger partial charge is 0.340 e. The van der Waals surface area contributed by atoms with Gasteiger partial charge in [-0.3, -0.25) is 9.48 Å². The van der Waals surface area contributed by atoms with E-state index in [0.717, 1.165) is 16.5 Å². The van der Waals surface area contributed by atoms with E-state index in [4.69, 9.17) is 11.6 Å². The third kappa shape index (κ3) is 3.57. The molecular weight excluding hydrogens is 367 g/mol. The SMILES string of the molecule is Cn1c(C(=O)Nc2cnn(Cc3ccc(F)cc3)c2)cc2ccc(Cl)cc21. The van der Waals surface area contributed by atoms with Crippen LogP contribution in [-0.4, -0.2) is 20.3 Å². The number of anilines is 1. The lowest BCUT2D eigenvalue weighted by Gasteiger charge is -2.05. The molecule has 0 saturated heterocycles. The van der Waals surface area contributed by atoms with Gasteiger partial charge in [-0.05, 0) is 35.9 Å². The van der Waals surface area contributed by atoms with Crippen molar-refractivity contribution in [1.29, 1.82) is 0 Å². The molecule has 5 nitrogen and oxygen atoms in total. The Kier molecular flexibility index (Phi) is 4.41. The molecular formula is C20H16ClFN4O. The zero-order valence-corrected chi connectivity index (χ0v) is 15.2. The lowest BCUT2D eigenvalue weighted by molar-refractivity contribution is 0.101. The molecule has 2 aromatic carbocycles. The molecule has 0 aliphatic rings. The average Bonchev–Trinajstić information content (AvgIpc) is 3.21. The Bertz CT molecular complexity index is 1130. The first-order valence-electron chi connectivity index (χ1n) is 8.33. The monoisotopic (exact) mass is 382 g/mol. The zero-order valence-electron chi connectivity index (χ0n) is 14.5. The predicted molar refractivity (Wildman–Crippen MR) is 104 cm³/mol. The average molecular weight is 383 g/mol. The summed E-state index contributed by atoms with van der Waals surface area (Å²) in [6.07, 6.45) is 3.32. The molecule has 0 aliphatic carbocycles. The Morgan fingerprint density at radius 2 is 1.96 bits per heavy atom. The minimum Gasteiger partial charge on any atom is -0.340 e. The van der Waals surface area contributed by atoms with Crippen molar-refractivity contribution in [3.8, 4) is 0 Å². The Balaban J connectivity index is 1.51. The number of hydrogen-bond acceptors (Lipinski definition) is 2. The third-order valence-electron chi connectivity index (χ3n) is 4.39. The van der Waals surface area contributed by atoms with Crippen LogP contribution in [0.25, 0.3) is 10.9 Å². The second-order valence-corrected chi connectivity index (χ2v) is 6.74. The van der Waals surface area contributed by atoms with Gasteiger partial charge in [-0.25, -0.2) is 4.39 Å². The highest BCUT2D eigenvalue weighted by Crippen LogP contribution is 2.23. The highest BCUT2D eigenvalue weighted by molar-refractivity contribution is 6.31. The van der Waals surface area contributed by atoms with Gasteiger partial charge in [0.05, 0.1) is 18.4 Å². The topological polar surface area (TPSA) is 51.9 Å². The number of fused-ring (bicyclic) bond motifs is 1. The number of halogens is 2. The quantitative estimate of drug-likeness (QED) is 0.566. The fourth-order valence-corrected chi connectivity index (χ4v) is 3.17. The molecule has 2 aromatic heterocycles. The zero-order chi connectivity index (χ0) is 19.0. The lowest BCUT2D eigenvalue weighted by atomic mass is 10.2. The lowest BCUT2D eigenvalue weighted by Crippen LogP contribution is -2.15. The van der Waals surface area contributed by atoms with Crippen molar-refractivity contribution in [2.24, 2.45) is 7.05 Å². The maximum atomic E-state index is 13.0. The number of aromatic nitrogens is 3. The fraction of sp³-hybridized carbons (Fsp3) is 0.100. The second kappa shape index (κ2) is 6.89. The second-order valence-electron chi connectivity index (χ2n) is 6.30. The number of hydrogen-bond donors (Lipinski definition) is 1. The first-order valence-corrected chi connectivity index (χ1v) is 8.70. The molecule has 0 radical (unpaired) electrons. The van der Waals surface area contributed by atoms with Crippen LogP contribution in [0.3, 0.4) is 0 Å². The third-order valence-corrected chi connectivity index (χ3v) is 4.62. The van der Waals surface area contributed by atoms with E-state index >= 15 is 0 Å². The van der Waals surface area contributed by atoms with Gasteiger partial charge in [-0.1, -0.05) is 29.8 Å². The minimum absolute atomic E-state index is 0.230. The van der Waals surface area contributed by atoms with Gasteiger partial charge in [-0.15, -0.1) is 0 Å². The van der Waals surface area contributed by atoms with Crippen LogP contribution >= 0.6 is 11.6 Å². The maximum Gasteiger partial charge on any atom is 0.272 e. The van der Waals surface area contributed by atoms with Gasteiger partial charge in [-0.2, -0.15) is 5.10 Å². The summed E-state index contributed by atoms with van der Waals surface area (Å²) < 4.78 is 16.5. The summed E-state index contributed by atoms with van der Waals surface area (Å²) in [6.45, 7) is 0.489. The first-order chi connectivity index (χ1) is 13.0. The summed E-state index contributed by atoms with van der Waals surface area (Å²) in [7, 11) is 1.82. The highest BCUT2D eigenvalue weighted by Gasteiger charge is 2.14. The van der Waals surface area contributed by atoms with Crippen LogP contribution in [0.1, 0.15) is 16.1 Å². The molecule has 27 heavy (non-hydrogen) atoms. The molecule has 0 fully saturated rings. The van der Waals surface area contributed by atoms with Crippen LogP contribution in [0.2, 0.25) is 5.02 Å². The molecule has 7 heteroatoms. The van der Waals surface area contributed by atoms with Gasteiger partial charge < -0.3 is 9.88 Å². The van der Waals surface area contributed by atoms with Gasteiger partial charge in [0.15, 0.2) is 0 Å². The van der Waals surface area contributed by atoms with Gasteiger partial charge in [0.25, 0.3) is 5.91 Å². The summed E-state index contributed by atoms with van der Waals surface area (Å²) in [6, 6.07) is 13.6. The van der Waals surface area contributed by atoms with Gasteiger partial charge in [0.1, 0.15) is 11.5 Å². The van der Waals surface area contributed by atoms with Gasteiger partial charge in [0.2, 0.25) is 0 Å². The van der Waals surface area contributed by atoms with Crippen molar-refractivity contribution >= 4 is 34.1 Å². The molecule has 1 N–H and O–H groups in total. The number of amides is 1. The van der Waals surface area contributed by atoms with Crippen LogP contribution in [-0.2, 0) is 13.6 Å². The standard InChI is InChI=1S/C20H16ClFN4O/c1-25-18-9-15(21)5-4-14(18)8-19(25)20(27)24-17-10-23-26(12-17)11-13-2-6-16(22)7-3-13/h2-10,12H,11H2,1H3,(H,24,27). The number of aryl methyl sites for hydroxylation is 1. The highest BCUT2D eigenvalue weighted by atomic mass is 35.5. The summed E-state index contributed by atoms with van der Waals surface area (Å²) >= 11 is 6.04. The van der Waals surface area contributed by atoms with E-state index in [1.807, 2.05) is 25.2 Å². The number of nitrogens with zero attached hydrogens (tertiary/aromatic N) is 3. The fourth-order valence-electron chi connectivity index (χ4n) is 3.01. The Hall–Kier alpha value is -3.12. The van der Waals surface area contributed by atoms with E-state index < -0.39 is 0 Å². The van der Waals surface area contributed by atoms with Crippen LogP contribution < -0.4 is 5.32 Å². The molecule has 0 saturated carbocycles. The van der Waals surface area contributed by atoms with Crippen molar-refractivity contribution in [1.82, 2.24) is 14.3 Å². The summed E-state index contributed by atoms with van der Waals surface area (Å²) in [4.78, 5) is 12.7. The van der Waals surface area contributed by atoms with E-state index in [2.05, 4.69) is 10.4 Å². The Labute approximate surface area is 160 Å². The maximum absolute atomic E-state index is 13.0. The van der Waals surface area contributed by atoms with Crippen molar-refractivity contribution < 1.29 is 9.18 Å². The van der Waals surface area contributed by atoms with E-state index in [1.165, 1.54) is 12.1 Å². The van der Waals surface area contributed by atoms with E-state index in [0.29, 0.717) is 22.9 Å². The molecule has 0 aliphatic heterocycles. The van der Waals surface area contributed by atoms with Crippen molar-refractivity contribution in [2.75, 3.05) is 5.32 Å². The van der Waals surface area contributed by atoms with Crippen LogP contribution in [0.5, 0.6) is 0 Å². The summed E-state index contributed by atoms with van der Waals surface area (Å²) in [5.41, 5.74) is 2.92. The smallest absolute Gasteiger partial charge is 0.272 e. The summed E-state index contributed by atoms with van der Waals surface area (Å²) in [5.74, 6) is -0.505. The van der Waals surface area contributed by atoms with Crippen molar-refractivity contribution in [3.05, 3.63) is 83.0 Å². The molecule has 0 bridgehead atoms. The number of benzene rings is 2. The minimum atomic E-state index is -0.275. The Morgan fingerprint density at radius 3 is 2.74 bits per heavy atom. The number of carbonyl (C=O) groups excluding carboxylic acids is 1. The predicted octanol–water partition coefficient (Wildman–Crippen LogP) is 4.47. The number of carbonyl (C=O) groups is 1. The normalized spacial score (nSPS) is 11.1. The molecule has 0 atom stereocenters. The first kappa shape index (κ1) is 17.3. The van der Waals surface area contributed by atoms with Crippen molar-refractivity contribution in [3.63, 3.8) is 0 Å². The molecule has 4 aromatic rings. The number of rotatable bonds is 4. The van der Waals surface area contributed by atoms with Crippen molar-refractivity contribution in [2.45, 2.75) is 6.54 Å². The van der Waals surface area contributed by atoms with E-state index in [9.17, 15) is 9.18 Å². The van der Waals surface area contributed by atoms with Gasteiger partial charge in [0, 0.05) is 29.2 Å². The molecule has 136 valence electrons. The molecule has 4 rings (SSSR count). The molecule has 1 amide bonds. The van der Waals surface area contributed by atoms with Crippen LogP contribution in [0.4, 0.5) is 10.1 Å². The number of nitrogens with one attached hydrogen (secondary N) is 1. The van der Waals surface area contributed by atoms with E-state index in [-0.39, 0.29) is 11.7 Å². The molecule has 0 spiro atoms. The van der Waals surface area contributed by atoms with Crippen LogP contribution in [0.15, 0.2) is 60.9 Å². The van der Waals surface area contributed by atoms with E-state index in [1.54, 1.807) is 39.8 Å². The van der Waals surface area contributed by atoms with Gasteiger partial charge >= 0.3 is 0 Å². The molecule has 0 unspecified atom stereocenters. The Morgan fingerprint density at radius 1 is 1.19 bits per heavy atom. The summed E-state index contributed by atoms with van der Waals surface area (Å²) in [5, 5.41) is 8.66. The van der Waals surface area contributed by atoms with Crippen LogP contribution in [0, 0.1) is 5.82 Å². The molecule has 2 heterocycles.